The third kappa shape index (κ3) is 5.20. The molecule has 0 spiro atoms. The number of carbonyl (C=O) groups excluding carboxylic acids is 2. The van der Waals surface area contributed by atoms with Crippen LogP contribution in [0.5, 0.6) is 0 Å². The van der Waals surface area contributed by atoms with Gasteiger partial charge in [-0.25, -0.2) is 0 Å². The molecular formula is C19H23BrN2O2. The fraction of sp³-hybridized carbons (Fsp3) is 0.263. The SMILES string of the molecule is C=C/C=C(C(=O)Nc1cc(C)c(NC=O)c(CCC)c1)\C(Br)=C/C. The van der Waals surface area contributed by atoms with Crippen molar-refractivity contribution in [3.05, 3.63) is 58.1 Å². The van der Waals surface area contributed by atoms with Crippen molar-refractivity contribution in [2.24, 2.45) is 0 Å². The number of halogens is 1. The topological polar surface area (TPSA) is 58.2 Å². The monoisotopic (exact) mass is 390 g/mol. The minimum Gasteiger partial charge on any atom is -0.328 e. The molecule has 0 atom stereocenters. The van der Waals surface area contributed by atoms with E-state index in [1.807, 2.05) is 26.0 Å². The summed E-state index contributed by atoms with van der Waals surface area (Å²) in [7, 11) is 0. The maximum atomic E-state index is 12.5. The van der Waals surface area contributed by atoms with Gasteiger partial charge in [0.25, 0.3) is 5.91 Å². The quantitative estimate of drug-likeness (QED) is 0.378. The highest BCUT2D eigenvalue weighted by atomic mass is 79.9. The molecule has 0 heterocycles. The first-order valence-corrected chi connectivity index (χ1v) is 8.57. The van der Waals surface area contributed by atoms with E-state index < -0.39 is 0 Å². The zero-order valence-corrected chi connectivity index (χ0v) is 15.9. The second kappa shape index (κ2) is 9.88. The number of benzene rings is 1. The normalized spacial score (nSPS) is 11.8. The number of anilines is 2. The van der Waals surface area contributed by atoms with E-state index in [0.29, 0.717) is 22.2 Å². The van der Waals surface area contributed by atoms with Crippen LogP contribution in [0.15, 0.2) is 47.0 Å². The van der Waals surface area contributed by atoms with Gasteiger partial charge in [-0.2, -0.15) is 0 Å². The molecule has 0 bridgehead atoms. The summed E-state index contributed by atoms with van der Waals surface area (Å²) < 4.78 is 0.699. The van der Waals surface area contributed by atoms with Gasteiger partial charge in [0, 0.05) is 15.9 Å². The number of allylic oxidation sites excluding steroid dienone is 3. The lowest BCUT2D eigenvalue weighted by atomic mass is 10.0. The van der Waals surface area contributed by atoms with E-state index in [1.54, 1.807) is 18.2 Å². The molecule has 0 aliphatic rings. The van der Waals surface area contributed by atoms with Crippen LogP contribution in [0.1, 0.15) is 31.4 Å². The van der Waals surface area contributed by atoms with E-state index in [-0.39, 0.29) is 5.91 Å². The number of amides is 2. The first-order valence-electron chi connectivity index (χ1n) is 7.78. The predicted molar refractivity (Wildman–Crippen MR) is 104 cm³/mol. The van der Waals surface area contributed by atoms with Crippen molar-refractivity contribution in [3.63, 3.8) is 0 Å². The summed E-state index contributed by atoms with van der Waals surface area (Å²) in [6.07, 6.45) is 7.46. The lowest BCUT2D eigenvalue weighted by molar-refractivity contribution is -0.112. The molecule has 1 rings (SSSR count). The van der Waals surface area contributed by atoms with Crippen LogP contribution in [0.3, 0.4) is 0 Å². The number of rotatable bonds is 8. The van der Waals surface area contributed by atoms with Crippen LogP contribution in [-0.4, -0.2) is 12.3 Å². The summed E-state index contributed by atoms with van der Waals surface area (Å²) in [4.78, 5) is 23.3. The second-order valence-electron chi connectivity index (χ2n) is 5.25. The Morgan fingerprint density at radius 1 is 1.38 bits per heavy atom. The molecule has 0 saturated carbocycles. The average Bonchev–Trinajstić information content (AvgIpc) is 2.55. The highest BCUT2D eigenvalue weighted by molar-refractivity contribution is 9.12. The van der Waals surface area contributed by atoms with Gasteiger partial charge in [0.15, 0.2) is 0 Å². The Bertz CT molecular complexity index is 691. The van der Waals surface area contributed by atoms with E-state index in [1.165, 1.54) is 0 Å². The maximum Gasteiger partial charge on any atom is 0.256 e. The van der Waals surface area contributed by atoms with Crippen LogP contribution in [0.2, 0.25) is 0 Å². The Morgan fingerprint density at radius 3 is 2.62 bits per heavy atom. The molecule has 2 N–H and O–H groups in total. The smallest absolute Gasteiger partial charge is 0.256 e. The van der Waals surface area contributed by atoms with Crippen molar-refractivity contribution in [1.82, 2.24) is 0 Å². The van der Waals surface area contributed by atoms with Crippen LogP contribution in [0, 0.1) is 6.92 Å². The Morgan fingerprint density at radius 2 is 2.08 bits per heavy atom. The lowest BCUT2D eigenvalue weighted by Gasteiger charge is -2.15. The molecule has 4 nitrogen and oxygen atoms in total. The molecule has 128 valence electrons. The van der Waals surface area contributed by atoms with Crippen molar-refractivity contribution < 1.29 is 9.59 Å². The van der Waals surface area contributed by atoms with E-state index in [2.05, 4.69) is 40.1 Å². The van der Waals surface area contributed by atoms with Crippen molar-refractivity contribution in [2.75, 3.05) is 10.6 Å². The molecular weight excluding hydrogens is 368 g/mol. The van der Waals surface area contributed by atoms with Gasteiger partial charge in [0.2, 0.25) is 6.41 Å². The average molecular weight is 391 g/mol. The minimum absolute atomic E-state index is 0.224. The van der Waals surface area contributed by atoms with Gasteiger partial charge in [-0.15, -0.1) is 0 Å². The van der Waals surface area contributed by atoms with E-state index >= 15 is 0 Å². The number of hydrogen-bond acceptors (Lipinski definition) is 2. The molecule has 0 aromatic heterocycles. The molecule has 0 fully saturated rings. The Balaban J connectivity index is 3.19. The molecule has 2 amide bonds. The molecule has 5 heteroatoms. The van der Waals surface area contributed by atoms with Gasteiger partial charge in [0.05, 0.1) is 5.57 Å². The van der Waals surface area contributed by atoms with E-state index in [4.69, 9.17) is 0 Å². The van der Waals surface area contributed by atoms with Gasteiger partial charge in [0.1, 0.15) is 0 Å². The van der Waals surface area contributed by atoms with Crippen molar-refractivity contribution in [3.8, 4) is 0 Å². The Labute approximate surface area is 151 Å². The standard InChI is InChI=1S/C19H23BrN2O2/c1-5-8-14-11-15(10-13(4)18(14)21-12-23)22-19(24)16(9-6-2)17(20)7-3/h6-7,9-12H,2,5,8H2,1,3-4H3,(H,21,23)(H,22,24)/b16-9+,17-7+. The lowest BCUT2D eigenvalue weighted by Crippen LogP contribution is -2.15. The summed E-state index contributed by atoms with van der Waals surface area (Å²) in [6, 6.07) is 3.74. The number of hydrogen-bond donors (Lipinski definition) is 2. The van der Waals surface area contributed by atoms with Gasteiger partial charge in [-0.05, 0) is 49.6 Å². The highest BCUT2D eigenvalue weighted by Crippen LogP contribution is 2.27. The largest absolute Gasteiger partial charge is 0.328 e. The zero-order valence-electron chi connectivity index (χ0n) is 14.3. The molecule has 0 aliphatic carbocycles. The molecule has 0 radical (unpaired) electrons. The third-order valence-electron chi connectivity index (χ3n) is 3.44. The fourth-order valence-electron chi connectivity index (χ4n) is 2.40. The summed E-state index contributed by atoms with van der Waals surface area (Å²) in [5.41, 5.74) is 3.91. The Hall–Kier alpha value is -2.14. The number of carbonyl (C=O) groups is 2. The zero-order chi connectivity index (χ0) is 18.1. The number of aryl methyl sites for hydroxylation is 2. The minimum atomic E-state index is -0.224. The summed E-state index contributed by atoms with van der Waals surface area (Å²) in [5, 5.41) is 5.65. The van der Waals surface area contributed by atoms with Crippen LogP contribution < -0.4 is 10.6 Å². The summed E-state index contributed by atoms with van der Waals surface area (Å²) in [5.74, 6) is -0.224. The van der Waals surface area contributed by atoms with Crippen LogP contribution >= 0.6 is 15.9 Å². The Kier molecular flexibility index (Phi) is 8.19. The predicted octanol–water partition coefficient (Wildman–Crippen LogP) is 4.87. The summed E-state index contributed by atoms with van der Waals surface area (Å²) in [6.45, 7) is 9.46. The molecule has 0 aliphatic heterocycles. The van der Waals surface area contributed by atoms with Crippen molar-refractivity contribution in [2.45, 2.75) is 33.6 Å². The van der Waals surface area contributed by atoms with Gasteiger partial charge in [-0.1, -0.05) is 48.0 Å². The molecule has 1 aromatic rings. The summed E-state index contributed by atoms with van der Waals surface area (Å²) >= 11 is 3.38. The van der Waals surface area contributed by atoms with Crippen LogP contribution in [0.4, 0.5) is 11.4 Å². The van der Waals surface area contributed by atoms with Crippen LogP contribution in [0.25, 0.3) is 0 Å². The fourth-order valence-corrected chi connectivity index (χ4v) is 2.71. The van der Waals surface area contributed by atoms with E-state index in [9.17, 15) is 9.59 Å². The highest BCUT2D eigenvalue weighted by Gasteiger charge is 2.14. The van der Waals surface area contributed by atoms with Gasteiger partial charge < -0.3 is 10.6 Å². The van der Waals surface area contributed by atoms with Crippen molar-refractivity contribution >= 4 is 39.6 Å². The third-order valence-corrected chi connectivity index (χ3v) is 4.32. The molecule has 0 saturated heterocycles. The second-order valence-corrected chi connectivity index (χ2v) is 6.10. The van der Waals surface area contributed by atoms with Crippen molar-refractivity contribution in [1.29, 1.82) is 0 Å². The molecule has 24 heavy (non-hydrogen) atoms. The first-order chi connectivity index (χ1) is 11.5. The van der Waals surface area contributed by atoms with Crippen LogP contribution in [-0.2, 0) is 16.0 Å². The first kappa shape index (κ1) is 19.9. The van der Waals surface area contributed by atoms with E-state index in [0.717, 1.165) is 29.7 Å². The number of nitrogens with one attached hydrogen (secondary N) is 2. The van der Waals surface area contributed by atoms with Gasteiger partial charge >= 0.3 is 0 Å². The molecule has 0 unspecified atom stereocenters. The molecule has 1 aromatic carbocycles. The van der Waals surface area contributed by atoms with Gasteiger partial charge in [-0.3, -0.25) is 9.59 Å². The maximum absolute atomic E-state index is 12.5.